The molecule has 1 aliphatic carbocycles. The summed E-state index contributed by atoms with van der Waals surface area (Å²) >= 11 is 8.14. The highest BCUT2D eigenvalue weighted by Crippen LogP contribution is 2.41. The van der Waals surface area contributed by atoms with Crippen LogP contribution in [0.1, 0.15) is 34.8 Å². The van der Waals surface area contributed by atoms with Gasteiger partial charge in [-0.25, -0.2) is 0 Å². The fourth-order valence-corrected chi connectivity index (χ4v) is 3.20. The van der Waals surface area contributed by atoms with Crippen molar-refractivity contribution in [2.45, 2.75) is 18.9 Å². The fourth-order valence-electron chi connectivity index (χ4n) is 2.44. The molecule has 0 unspecified atom stereocenters. The number of halogens is 2. The molecule has 2 aromatic carbocycles. The average molecular weight is 412 g/mol. The maximum atomic E-state index is 12.5. The highest BCUT2D eigenvalue weighted by Gasteiger charge is 2.33. The lowest BCUT2D eigenvalue weighted by molar-refractivity contribution is 0.0931. The van der Waals surface area contributed by atoms with Gasteiger partial charge < -0.3 is 5.32 Å². The molecule has 0 spiro atoms. The summed E-state index contributed by atoms with van der Waals surface area (Å²) < 4.78 is 0.971. The summed E-state index contributed by atoms with van der Waals surface area (Å²) in [6, 6.07) is 15.5. The minimum Gasteiger partial charge on any atom is -0.345 e. The molecule has 0 saturated heterocycles. The van der Waals surface area contributed by atoms with Crippen molar-refractivity contribution in [1.82, 2.24) is 5.32 Å². The number of carbonyl (C=O) groups excluding carboxylic acids is 1. The van der Waals surface area contributed by atoms with E-state index in [0.29, 0.717) is 5.92 Å². The van der Waals surface area contributed by atoms with Crippen LogP contribution < -0.4 is 5.32 Å². The van der Waals surface area contributed by atoms with E-state index in [4.69, 9.17) is 11.6 Å². The van der Waals surface area contributed by atoms with Gasteiger partial charge >= 0.3 is 0 Å². The van der Waals surface area contributed by atoms with E-state index in [1.807, 2.05) is 48.5 Å². The van der Waals surface area contributed by atoms with E-state index >= 15 is 0 Å². The third-order valence-corrected chi connectivity index (χ3v) is 4.92. The number of hydrogen-bond acceptors (Lipinski definition) is 1. The summed E-state index contributed by atoms with van der Waals surface area (Å²) in [5.74, 6) is 0.531. The van der Waals surface area contributed by atoms with Gasteiger partial charge in [-0.1, -0.05) is 35.9 Å². The molecular formula is C17H15ClINO. The standard InChI is InChI=1S/C17H15ClINO/c18-13-9-7-12(8-10-13)16(11-5-6-11)20-17(21)14-3-1-2-4-15(14)19/h1-4,7-11,16H,5-6H2,(H,20,21)/t16-/m0/s1. The molecule has 2 aromatic rings. The van der Waals surface area contributed by atoms with Crippen molar-refractivity contribution < 1.29 is 4.79 Å². The average Bonchev–Trinajstić information content (AvgIpc) is 3.31. The Bertz CT molecular complexity index is 652. The molecule has 0 bridgehead atoms. The smallest absolute Gasteiger partial charge is 0.252 e. The highest BCUT2D eigenvalue weighted by atomic mass is 127. The molecule has 4 heteroatoms. The van der Waals surface area contributed by atoms with Gasteiger partial charge in [-0.05, 0) is 71.2 Å². The zero-order valence-corrected chi connectivity index (χ0v) is 14.3. The van der Waals surface area contributed by atoms with Crippen LogP contribution in [0.4, 0.5) is 0 Å². The third-order valence-electron chi connectivity index (χ3n) is 3.73. The zero-order chi connectivity index (χ0) is 14.8. The van der Waals surface area contributed by atoms with Crippen molar-refractivity contribution in [2.24, 2.45) is 5.92 Å². The van der Waals surface area contributed by atoms with Crippen molar-refractivity contribution in [1.29, 1.82) is 0 Å². The third kappa shape index (κ3) is 3.58. The predicted octanol–water partition coefficient (Wildman–Crippen LogP) is 4.83. The summed E-state index contributed by atoms with van der Waals surface area (Å²) in [5.41, 5.74) is 1.86. The highest BCUT2D eigenvalue weighted by molar-refractivity contribution is 14.1. The Morgan fingerprint density at radius 3 is 2.43 bits per heavy atom. The lowest BCUT2D eigenvalue weighted by Gasteiger charge is -2.19. The van der Waals surface area contributed by atoms with Gasteiger partial charge in [0.25, 0.3) is 5.91 Å². The molecule has 3 rings (SSSR count). The van der Waals surface area contributed by atoms with Gasteiger partial charge in [0.2, 0.25) is 0 Å². The van der Waals surface area contributed by atoms with Crippen molar-refractivity contribution >= 4 is 40.1 Å². The maximum Gasteiger partial charge on any atom is 0.252 e. The van der Waals surface area contributed by atoms with Crippen LogP contribution >= 0.6 is 34.2 Å². The molecule has 0 heterocycles. The summed E-state index contributed by atoms with van der Waals surface area (Å²) in [7, 11) is 0. The molecule has 1 amide bonds. The number of hydrogen-bond donors (Lipinski definition) is 1. The normalized spacial score (nSPS) is 15.5. The van der Waals surface area contributed by atoms with Crippen LogP contribution in [0.2, 0.25) is 5.02 Å². The lowest BCUT2D eigenvalue weighted by Crippen LogP contribution is -2.30. The quantitative estimate of drug-likeness (QED) is 0.718. The predicted molar refractivity (Wildman–Crippen MR) is 93.5 cm³/mol. The first-order chi connectivity index (χ1) is 10.1. The zero-order valence-electron chi connectivity index (χ0n) is 11.4. The molecule has 21 heavy (non-hydrogen) atoms. The van der Waals surface area contributed by atoms with Crippen molar-refractivity contribution in [3.8, 4) is 0 Å². The van der Waals surface area contributed by atoms with Crippen LogP contribution in [0.5, 0.6) is 0 Å². The molecule has 0 aromatic heterocycles. The topological polar surface area (TPSA) is 29.1 Å². The van der Waals surface area contributed by atoms with Crippen LogP contribution in [0, 0.1) is 9.49 Å². The van der Waals surface area contributed by atoms with Gasteiger partial charge in [0.15, 0.2) is 0 Å². The Balaban J connectivity index is 1.81. The van der Waals surface area contributed by atoms with Gasteiger partial charge in [0.05, 0.1) is 11.6 Å². The Morgan fingerprint density at radius 2 is 1.81 bits per heavy atom. The molecule has 1 N–H and O–H groups in total. The maximum absolute atomic E-state index is 12.5. The first kappa shape index (κ1) is 14.9. The van der Waals surface area contributed by atoms with E-state index in [2.05, 4.69) is 27.9 Å². The number of benzene rings is 2. The van der Waals surface area contributed by atoms with Gasteiger partial charge in [-0.15, -0.1) is 0 Å². The summed E-state index contributed by atoms with van der Waals surface area (Å²) in [4.78, 5) is 12.5. The summed E-state index contributed by atoms with van der Waals surface area (Å²) in [5, 5.41) is 3.90. The van der Waals surface area contributed by atoms with E-state index < -0.39 is 0 Å². The second-order valence-electron chi connectivity index (χ2n) is 5.32. The Labute approximate surface area is 143 Å². The van der Waals surface area contributed by atoms with Crippen LogP contribution in [-0.2, 0) is 0 Å². The molecule has 1 aliphatic rings. The Morgan fingerprint density at radius 1 is 1.14 bits per heavy atom. The number of nitrogens with one attached hydrogen (secondary N) is 1. The summed E-state index contributed by atoms with van der Waals surface area (Å²) in [6.45, 7) is 0. The van der Waals surface area contributed by atoms with Gasteiger partial charge in [-0.3, -0.25) is 4.79 Å². The largest absolute Gasteiger partial charge is 0.345 e. The van der Waals surface area contributed by atoms with Crippen LogP contribution in [0.15, 0.2) is 48.5 Å². The molecule has 108 valence electrons. The fraction of sp³-hybridized carbons (Fsp3) is 0.235. The Kier molecular flexibility index (Phi) is 4.50. The minimum atomic E-state index is -0.00755. The van der Waals surface area contributed by atoms with Crippen molar-refractivity contribution in [2.75, 3.05) is 0 Å². The molecular weight excluding hydrogens is 397 g/mol. The van der Waals surface area contributed by atoms with Crippen LogP contribution in [-0.4, -0.2) is 5.91 Å². The first-order valence-electron chi connectivity index (χ1n) is 6.96. The van der Waals surface area contributed by atoms with Gasteiger partial charge in [-0.2, -0.15) is 0 Å². The van der Waals surface area contributed by atoms with E-state index in [1.165, 1.54) is 12.8 Å². The number of carbonyl (C=O) groups is 1. The second kappa shape index (κ2) is 6.36. The molecule has 1 fully saturated rings. The van der Waals surface area contributed by atoms with E-state index in [9.17, 15) is 4.79 Å². The SMILES string of the molecule is O=C(N[C@H](c1ccc(Cl)cc1)C1CC1)c1ccccc1I. The van der Waals surface area contributed by atoms with Crippen LogP contribution in [0.3, 0.4) is 0 Å². The Hall–Kier alpha value is -1.07. The van der Waals surface area contributed by atoms with E-state index in [1.54, 1.807) is 0 Å². The van der Waals surface area contributed by atoms with Crippen molar-refractivity contribution in [3.63, 3.8) is 0 Å². The summed E-state index contributed by atoms with van der Waals surface area (Å²) in [6.07, 6.45) is 2.33. The second-order valence-corrected chi connectivity index (χ2v) is 6.92. The minimum absolute atomic E-state index is 0.00755. The van der Waals surface area contributed by atoms with Crippen LogP contribution in [0.25, 0.3) is 0 Å². The number of rotatable bonds is 4. The van der Waals surface area contributed by atoms with Gasteiger partial charge in [0, 0.05) is 8.59 Å². The van der Waals surface area contributed by atoms with Gasteiger partial charge in [0.1, 0.15) is 0 Å². The van der Waals surface area contributed by atoms with E-state index in [0.717, 1.165) is 19.7 Å². The lowest BCUT2D eigenvalue weighted by atomic mass is 10.0. The van der Waals surface area contributed by atoms with E-state index in [-0.39, 0.29) is 11.9 Å². The van der Waals surface area contributed by atoms with Crippen molar-refractivity contribution in [3.05, 3.63) is 68.3 Å². The molecule has 0 radical (unpaired) electrons. The monoisotopic (exact) mass is 411 g/mol. The first-order valence-corrected chi connectivity index (χ1v) is 8.41. The molecule has 1 atom stereocenters. The number of amides is 1. The molecule has 2 nitrogen and oxygen atoms in total. The molecule has 0 aliphatic heterocycles. The molecule has 1 saturated carbocycles.